The van der Waals surface area contributed by atoms with Gasteiger partial charge >= 0.3 is 6.09 Å². The fourth-order valence-electron chi connectivity index (χ4n) is 2.84. The summed E-state index contributed by atoms with van der Waals surface area (Å²) in [5.74, 6) is -1.06. The van der Waals surface area contributed by atoms with Gasteiger partial charge in [-0.2, -0.15) is 0 Å². The van der Waals surface area contributed by atoms with Crippen LogP contribution in [0.1, 0.15) is 44.1 Å². The average molecular weight is 380 g/mol. The van der Waals surface area contributed by atoms with E-state index in [1.807, 2.05) is 0 Å². The van der Waals surface area contributed by atoms with Crippen LogP contribution in [-0.4, -0.2) is 47.3 Å². The van der Waals surface area contributed by atoms with Crippen molar-refractivity contribution in [1.82, 2.24) is 20.7 Å². The van der Waals surface area contributed by atoms with Gasteiger partial charge in [0, 0.05) is 26.5 Å². The maximum absolute atomic E-state index is 12.7. The van der Waals surface area contributed by atoms with E-state index < -0.39 is 29.6 Å². The second-order valence-corrected chi connectivity index (χ2v) is 7.52. The second kappa shape index (κ2) is 8.90. The molecule has 0 aliphatic carbocycles. The van der Waals surface area contributed by atoms with E-state index in [0.29, 0.717) is 31.7 Å². The zero-order valence-corrected chi connectivity index (χ0v) is 16.2. The molecule has 0 spiro atoms. The van der Waals surface area contributed by atoms with Crippen LogP contribution >= 0.6 is 0 Å². The maximum Gasteiger partial charge on any atom is 0.408 e. The molecule has 1 aromatic rings. The predicted molar refractivity (Wildman–Crippen MR) is 97.7 cm³/mol. The van der Waals surface area contributed by atoms with E-state index in [1.165, 1.54) is 0 Å². The summed E-state index contributed by atoms with van der Waals surface area (Å²) in [6, 6.07) is 2.53. The van der Waals surface area contributed by atoms with Crippen LogP contribution < -0.4 is 16.2 Å². The number of nitrogens with one attached hydrogen (secondary N) is 3. The lowest BCUT2D eigenvalue weighted by molar-refractivity contribution is -0.126. The Labute approximate surface area is 158 Å². The smallest absolute Gasteiger partial charge is 0.408 e. The van der Waals surface area contributed by atoms with Crippen LogP contribution in [-0.2, 0) is 21.3 Å². The van der Waals surface area contributed by atoms with Crippen molar-refractivity contribution in [3.63, 3.8) is 0 Å². The van der Waals surface area contributed by atoms with Gasteiger partial charge in [-0.3, -0.25) is 20.4 Å². The molecule has 1 aliphatic heterocycles. The number of ether oxygens (including phenoxy) is 2. The zero-order chi connectivity index (χ0) is 20.0. The van der Waals surface area contributed by atoms with Gasteiger partial charge in [0.2, 0.25) is 0 Å². The molecule has 0 radical (unpaired) electrons. The molecule has 1 aliphatic rings. The number of hydrogen-bond acceptors (Lipinski definition) is 5. The molecular formula is C18H28N4O5. The lowest BCUT2D eigenvalue weighted by Crippen LogP contribution is -2.56. The highest BCUT2D eigenvalue weighted by atomic mass is 16.6. The quantitative estimate of drug-likeness (QED) is 0.678. The third kappa shape index (κ3) is 6.28. The van der Waals surface area contributed by atoms with E-state index in [4.69, 9.17) is 9.47 Å². The number of rotatable bonds is 4. The van der Waals surface area contributed by atoms with Crippen molar-refractivity contribution in [2.45, 2.75) is 45.3 Å². The Kier molecular flexibility index (Phi) is 6.84. The summed E-state index contributed by atoms with van der Waals surface area (Å²) in [5, 5.41) is 2.63. The molecule has 0 bridgehead atoms. The molecule has 150 valence electrons. The normalized spacial score (nSPS) is 16.3. The molecule has 27 heavy (non-hydrogen) atoms. The molecule has 1 fully saturated rings. The van der Waals surface area contributed by atoms with Crippen LogP contribution in [0.4, 0.5) is 4.79 Å². The first-order valence-electron chi connectivity index (χ1n) is 8.96. The Hall–Kier alpha value is -2.55. The summed E-state index contributed by atoms with van der Waals surface area (Å²) in [4.78, 5) is 37.0. The van der Waals surface area contributed by atoms with Crippen molar-refractivity contribution in [3.8, 4) is 0 Å². The fourth-order valence-corrected chi connectivity index (χ4v) is 2.84. The largest absolute Gasteiger partial charge is 0.444 e. The monoisotopic (exact) mass is 380 g/mol. The van der Waals surface area contributed by atoms with Crippen LogP contribution in [0.15, 0.2) is 18.3 Å². The molecule has 9 nitrogen and oxygen atoms in total. The van der Waals surface area contributed by atoms with E-state index in [9.17, 15) is 14.4 Å². The van der Waals surface area contributed by atoms with Gasteiger partial charge < -0.3 is 19.4 Å². The Morgan fingerprint density at radius 2 is 1.89 bits per heavy atom. The van der Waals surface area contributed by atoms with Crippen LogP contribution in [0.25, 0.3) is 0 Å². The highest BCUT2D eigenvalue weighted by Gasteiger charge is 2.33. The van der Waals surface area contributed by atoms with Crippen molar-refractivity contribution in [3.05, 3.63) is 24.0 Å². The topological polar surface area (TPSA) is 111 Å². The average Bonchev–Trinajstić information content (AvgIpc) is 3.02. The van der Waals surface area contributed by atoms with Gasteiger partial charge in [-0.1, -0.05) is 0 Å². The van der Waals surface area contributed by atoms with Crippen molar-refractivity contribution < 1.29 is 23.9 Å². The summed E-state index contributed by atoms with van der Waals surface area (Å²) in [7, 11) is 1.73. The van der Waals surface area contributed by atoms with Crippen LogP contribution in [0.5, 0.6) is 0 Å². The first-order chi connectivity index (χ1) is 12.7. The van der Waals surface area contributed by atoms with Gasteiger partial charge in [-0.05, 0) is 51.7 Å². The second-order valence-electron chi connectivity index (χ2n) is 7.52. The standard InChI is InChI=1S/C18H28N4O5/c1-18(2,3)27-17(25)19-14(12-7-10-26-11-8-12)16(24)21-20-15(23)13-6-5-9-22(13)4/h5-6,9,12,14H,7-8,10-11H2,1-4H3,(H,19,25)(H,20,23)(H,21,24). The number of nitrogens with zero attached hydrogens (tertiary/aromatic N) is 1. The van der Waals surface area contributed by atoms with E-state index in [1.54, 1.807) is 50.7 Å². The molecule has 3 amide bonds. The minimum atomic E-state index is -0.836. The fraction of sp³-hybridized carbons (Fsp3) is 0.611. The molecule has 0 saturated carbocycles. The van der Waals surface area contributed by atoms with Gasteiger partial charge in [0.25, 0.3) is 11.8 Å². The molecular weight excluding hydrogens is 352 g/mol. The molecule has 0 aromatic carbocycles. The molecule has 9 heteroatoms. The predicted octanol–water partition coefficient (Wildman–Crippen LogP) is 1.11. The van der Waals surface area contributed by atoms with Crippen molar-refractivity contribution in [1.29, 1.82) is 0 Å². The van der Waals surface area contributed by atoms with Crippen LogP contribution in [0.3, 0.4) is 0 Å². The molecule has 2 heterocycles. The molecule has 1 saturated heterocycles. The van der Waals surface area contributed by atoms with Crippen molar-refractivity contribution >= 4 is 17.9 Å². The van der Waals surface area contributed by atoms with Gasteiger partial charge in [0.15, 0.2) is 0 Å². The van der Waals surface area contributed by atoms with Gasteiger partial charge in [-0.15, -0.1) is 0 Å². The molecule has 2 rings (SSSR count). The number of alkyl carbamates (subject to hydrolysis) is 1. The summed E-state index contributed by atoms with van der Waals surface area (Å²) < 4.78 is 12.2. The molecule has 3 N–H and O–H groups in total. The van der Waals surface area contributed by atoms with E-state index in [2.05, 4.69) is 16.2 Å². The Balaban J connectivity index is 2.00. The summed E-state index contributed by atoms with van der Waals surface area (Å²) in [6.07, 6.45) is 2.30. The van der Waals surface area contributed by atoms with Crippen molar-refractivity contribution in [2.24, 2.45) is 13.0 Å². The third-order valence-electron chi connectivity index (χ3n) is 4.17. The first kappa shape index (κ1) is 20.8. The van der Waals surface area contributed by atoms with Gasteiger partial charge in [0.05, 0.1) is 0 Å². The lowest BCUT2D eigenvalue weighted by atomic mass is 9.91. The minimum Gasteiger partial charge on any atom is -0.444 e. The number of amides is 3. The lowest BCUT2D eigenvalue weighted by Gasteiger charge is -2.30. The number of aryl methyl sites for hydroxylation is 1. The number of hydrogen-bond donors (Lipinski definition) is 3. The summed E-state index contributed by atoms with van der Waals surface area (Å²) >= 11 is 0. The van der Waals surface area contributed by atoms with Gasteiger partial charge in [-0.25, -0.2) is 4.79 Å². The van der Waals surface area contributed by atoms with Crippen LogP contribution in [0.2, 0.25) is 0 Å². The Bertz CT molecular complexity index is 674. The minimum absolute atomic E-state index is 0.113. The van der Waals surface area contributed by atoms with E-state index >= 15 is 0 Å². The SMILES string of the molecule is Cn1cccc1C(=O)NNC(=O)C(NC(=O)OC(C)(C)C)C1CCOCC1. The highest BCUT2D eigenvalue weighted by Crippen LogP contribution is 2.19. The van der Waals surface area contributed by atoms with Gasteiger partial charge in [0.1, 0.15) is 17.3 Å². The third-order valence-corrected chi connectivity index (χ3v) is 4.17. The molecule has 1 unspecified atom stereocenters. The Morgan fingerprint density at radius 1 is 1.22 bits per heavy atom. The zero-order valence-electron chi connectivity index (χ0n) is 16.2. The summed E-state index contributed by atoms with van der Waals surface area (Å²) in [5.41, 5.74) is 4.51. The molecule has 1 aromatic heterocycles. The molecule has 1 atom stereocenters. The number of carbonyl (C=O) groups excluding carboxylic acids is 3. The van der Waals surface area contributed by atoms with E-state index in [0.717, 1.165) is 0 Å². The van der Waals surface area contributed by atoms with Crippen LogP contribution in [0, 0.1) is 5.92 Å². The first-order valence-corrected chi connectivity index (χ1v) is 8.96. The summed E-state index contributed by atoms with van der Waals surface area (Å²) in [6.45, 7) is 6.27. The number of carbonyl (C=O) groups is 3. The Morgan fingerprint density at radius 3 is 2.44 bits per heavy atom. The van der Waals surface area contributed by atoms with Crippen molar-refractivity contribution in [2.75, 3.05) is 13.2 Å². The number of aromatic nitrogens is 1. The van der Waals surface area contributed by atoms with E-state index in [-0.39, 0.29) is 5.92 Å². The maximum atomic E-state index is 12.7. The highest BCUT2D eigenvalue weighted by molar-refractivity contribution is 5.95. The number of hydrazine groups is 1.